The minimum absolute atomic E-state index is 0.464. The van der Waals surface area contributed by atoms with E-state index in [1.165, 1.54) is 13.8 Å². The fourth-order valence-electron chi connectivity index (χ4n) is 7.53. The minimum atomic E-state index is -3.12. The van der Waals surface area contributed by atoms with Crippen LogP contribution in [0, 0.1) is 11.8 Å². The van der Waals surface area contributed by atoms with Crippen molar-refractivity contribution in [3.63, 3.8) is 0 Å². The van der Waals surface area contributed by atoms with Crippen molar-refractivity contribution >= 4 is 11.9 Å². The number of hydrogen-bond donors (Lipinski definition) is 16. The highest BCUT2D eigenvalue weighted by atomic mass is 16.8. The number of carboxylic acid groups (broad SMARTS) is 2. The lowest BCUT2D eigenvalue weighted by atomic mass is 9.83. The van der Waals surface area contributed by atoms with Crippen molar-refractivity contribution in [1.29, 1.82) is 0 Å². The molecule has 59 heavy (non-hydrogen) atoms. The molecular formula is C33H57NO25. The second-order valence-corrected chi connectivity index (χ2v) is 15.0. The summed E-state index contributed by atoms with van der Waals surface area (Å²) in [6, 6.07) is 0. The Morgan fingerprint density at radius 1 is 0.695 bits per heavy atom. The monoisotopic (exact) mass is 867 g/mol. The van der Waals surface area contributed by atoms with Crippen molar-refractivity contribution in [1.82, 2.24) is 0 Å². The van der Waals surface area contributed by atoms with E-state index in [0.717, 1.165) is 0 Å². The van der Waals surface area contributed by atoms with Gasteiger partial charge in [0.05, 0.1) is 57.6 Å². The molecule has 0 aromatic carbocycles. The third kappa shape index (κ3) is 10.1. The Bertz CT molecular complexity index is 1370. The molecule has 0 aliphatic carbocycles. The predicted molar refractivity (Wildman–Crippen MR) is 183 cm³/mol. The van der Waals surface area contributed by atoms with Gasteiger partial charge in [-0.3, -0.25) is 0 Å². The normalized spacial score (nSPS) is 45.3. The van der Waals surface area contributed by atoms with Gasteiger partial charge in [0.1, 0.15) is 73.2 Å². The number of carbonyl (C=O) groups is 2. The SMILES string of the molecule is CC1C(O)CC(OC2C(O)C(CO)OC(OC3C(CO)OC(OCN)C(O)C3O)C2O)(C(=O)O)OC1[C@H](O)C(CO)OC1(C(=O)O)CC(O)C(C)C([C@H](O)[C@H](O)CO)O1. The number of aliphatic carboxylic acids is 2. The number of hydrogen-bond acceptors (Lipinski definition) is 24. The molecule has 19 unspecified atom stereocenters. The molecule has 0 aromatic rings. The van der Waals surface area contributed by atoms with E-state index in [1.807, 2.05) is 0 Å². The summed E-state index contributed by atoms with van der Waals surface area (Å²) in [4.78, 5) is 25.7. The minimum Gasteiger partial charge on any atom is -0.477 e. The van der Waals surface area contributed by atoms with Gasteiger partial charge in [-0.25, -0.2) is 9.59 Å². The highest BCUT2D eigenvalue weighted by Gasteiger charge is 2.61. The topological polar surface area (TPSA) is 437 Å². The van der Waals surface area contributed by atoms with Crippen LogP contribution in [-0.4, -0.2) is 244 Å². The Morgan fingerprint density at radius 3 is 1.73 bits per heavy atom. The number of aliphatic hydroxyl groups is 13. The fraction of sp³-hybridized carbons (Fsp3) is 0.939. The third-order valence-corrected chi connectivity index (χ3v) is 11.2. The lowest BCUT2D eigenvalue weighted by Gasteiger charge is -2.51. The summed E-state index contributed by atoms with van der Waals surface area (Å²) >= 11 is 0. The Labute approximate surface area is 335 Å². The van der Waals surface area contributed by atoms with Crippen molar-refractivity contribution < 1.29 is 124 Å². The van der Waals surface area contributed by atoms with E-state index in [-0.39, 0.29) is 0 Å². The zero-order chi connectivity index (χ0) is 44.3. The van der Waals surface area contributed by atoms with Gasteiger partial charge in [-0.05, 0) is 0 Å². The van der Waals surface area contributed by atoms with Crippen LogP contribution < -0.4 is 5.73 Å². The van der Waals surface area contributed by atoms with E-state index in [4.69, 9.17) is 43.6 Å². The average molecular weight is 868 g/mol. The van der Waals surface area contributed by atoms with E-state index < -0.39 is 192 Å². The molecule has 0 aromatic heterocycles. The van der Waals surface area contributed by atoms with Crippen molar-refractivity contribution in [2.75, 3.05) is 33.2 Å². The van der Waals surface area contributed by atoms with Gasteiger partial charge < -0.3 is 120 Å². The average Bonchev–Trinajstić information content (AvgIpc) is 3.20. The zero-order valence-corrected chi connectivity index (χ0v) is 31.9. The summed E-state index contributed by atoms with van der Waals surface area (Å²) in [5.74, 6) is -12.4. The first kappa shape index (κ1) is 49.7. The number of rotatable bonds is 18. The number of carboxylic acids is 2. The van der Waals surface area contributed by atoms with Gasteiger partial charge in [0.2, 0.25) is 0 Å². The molecule has 0 amide bonds. The summed E-state index contributed by atoms with van der Waals surface area (Å²) in [5, 5.41) is 158. The van der Waals surface area contributed by atoms with Crippen molar-refractivity contribution in [2.45, 2.75) is 149 Å². The molecule has 26 heteroatoms. The lowest BCUT2D eigenvalue weighted by molar-refractivity contribution is -0.390. The standard InChI is InChI=1S/C33H57NO25/c1-10-12(39)3-32(30(48)49,57-24(10)18(42)14(41)5-35)56-16(7-37)20(44)25-11(2)13(40)4-33(58-25,31(50)51)59-27-19(43)15(6-36)53-29(23(27)47)55-26-17(8-38)54-28(52-9-34)22(46)21(26)45/h10-29,35-47H,3-9,34H2,1-2H3,(H,48,49)(H,50,51)/t10?,11?,12?,13?,14-,15?,16?,17?,18-,19?,20-,21?,22?,23?,24?,25?,26?,27?,28?,29?,32?,33?/m1/s1. The van der Waals surface area contributed by atoms with Crippen LogP contribution in [-0.2, 0) is 47.5 Å². The molecule has 0 saturated carbocycles. The van der Waals surface area contributed by atoms with Crippen LogP contribution in [0.3, 0.4) is 0 Å². The molecule has 4 rings (SSSR count). The van der Waals surface area contributed by atoms with Crippen LogP contribution in [0.25, 0.3) is 0 Å². The smallest absolute Gasteiger partial charge is 0.364 e. The third-order valence-electron chi connectivity index (χ3n) is 11.2. The quantitative estimate of drug-likeness (QED) is 0.0569. The molecule has 4 aliphatic heterocycles. The van der Waals surface area contributed by atoms with Crippen LogP contribution in [0.1, 0.15) is 26.7 Å². The molecule has 4 fully saturated rings. The first-order valence-corrected chi connectivity index (χ1v) is 18.7. The van der Waals surface area contributed by atoms with E-state index in [2.05, 4.69) is 0 Å². The number of ether oxygens (including phenoxy) is 8. The lowest BCUT2D eigenvalue weighted by Crippen LogP contribution is -2.68. The van der Waals surface area contributed by atoms with Gasteiger partial charge in [-0.15, -0.1) is 0 Å². The second kappa shape index (κ2) is 20.5. The first-order valence-electron chi connectivity index (χ1n) is 18.7. The molecule has 344 valence electrons. The molecule has 0 spiro atoms. The number of nitrogens with two attached hydrogens (primary N) is 1. The molecule has 17 N–H and O–H groups in total. The largest absolute Gasteiger partial charge is 0.477 e. The highest BCUT2D eigenvalue weighted by Crippen LogP contribution is 2.42. The fourth-order valence-corrected chi connectivity index (χ4v) is 7.53. The van der Waals surface area contributed by atoms with Crippen LogP contribution in [0.4, 0.5) is 0 Å². The second-order valence-electron chi connectivity index (χ2n) is 15.0. The van der Waals surface area contributed by atoms with Crippen molar-refractivity contribution in [3.05, 3.63) is 0 Å². The molecule has 0 bridgehead atoms. The summed E-state index contributed by atoms with van der Waals surface area (Å²) in [6.07, 6.45) is -36.0. The van der Waals surface area contributed by atoms with Gasteiger partial charge in [-0.1, -0.05) is 13.8 Å². The Balaban J connectivity index is 1.63. The van der Waals surface area contributed by atoms with Crippen LogP contribution in [0.15, 0.2) is 0 Å². The summed E-state index contributed by atoms with van der Waals surface area (Å²) < 4.78 is 44.1. The molecule has 0 radical (unpaired) electrons. The summed E-state index contributed by atoms with van der Waals surface area (Å²) in [6.45, 7) is -2.01. The molecule has 4 saturated heterocycles. The molecule has 4 heterocycles. The predicted octanol–water partition coefficient (Wildman–Crippen LogP) is -8.85. The Hall–Kier alpha value is -1.94. The van der Waals surface area contributed by atoms with E-state index in [0.29, 0.717) is 0 Å². The number of aliphatic hydroxyl groups excluding tert-OH is 13. The van der Waals surface area contributed by atoms with Crippen molar-refractivity contribution in [2.24, 2.45) is 17.6 Å². The molecule has 26 nitrogen and oxygen atoms in total. The van der Waals surface area contributed by atoms with E-state index >= 15 is 0 Å². The Kier molecular flexibility index (Phi) is 17.3. The molecular weight excluding hydrogens is 810 g/mol. The molecule has 4 aliphatic rings. The van der Waals surface area contributed by atoms with Crippen LogP contribution in [0.2, 0.25) is 0 Å². The van der Waals surface area contributed by atoms with Crippen LogP contribution >= 0.6 is 0 Å². The van der Waals surface area contributed by atoms with Gasteiger partial charge in [0.15, 0.2) is 12.6 Å². The zero-order valence-electron chi connectivity index (χ0n) is 31.9. The highest BCUT2D eigenvalue weighted by molar-refractivity contribution is 5.76. The first-order chi connectivity index (χ1) is 27.7. The van der Waals surface area contributed by atoms with Crippen molar-refractivity contribution in [3.8, 4) is 0 Å². The summed E-state index contributed by atoms with van der Waals surface area (Å²) in [7, 11) is 0. The summed E-state index contributed by atoms with van der Waals surface area (Å²) in [5.41, 5.74) is 5.32. The Morgan fingerprint density at radius 2 is 1.22 bits per heavy atom. The van der Waals surface area contributed by atoms with E-state index in [9.17, 15) is 86.2 Å². The van der Waals surface area contributed by atoms with Gasteiger partial charge in [-0.2, -0.15) is 0 Å². The van der Waals surface area contributed by atoms with E-state index in [1.54, 1.807) is 0 Å². The van der Waals surface area contributed by atoms with Gasteiger partial charge in [0.25, 0.3) is 11.6 Å². The maximum absolute atomic E-state index is 13.0. The van der Waals surface area contributed by atoms with Gasteiger partial charge >= 0.3 is 11.9 Å². The van der Waals surface area contributed by atoms with Gasteiger partial charge in [0, 0.05) is 24.7 Å². The van der Waals surface area contributed by atoms with Crippen LogP contribution in [0.5, 0.6) is 0 Å². The molecule has 22 atom stereocenters. The maximum Gasteiger partial charge on any atom is 0.364 e. The maximum atomic E-state index is 13.0.